The van der Waals surface area contributed by atoms with Crippen LogP contribution in [0.4, 0.5) is 15.8 Å². The molecule has 3 rings (SSSR count). The zero-order chi connectivity index (χ0) is 19.4. The van der Waals surface area contributed by atoms with Crippen molar-refractivity contribution in [1.29, 1.82) is 0 Å². The molecule has 3 aromatic rings. The van der Waals surface area contributed by atoms with Crippen molar-refractivity contribution in [2.24, 2.45) is 0 Å². The van der Waals surface area contributed by atoms with Crippen molar-refractivity contribution in [1.82, 2.24) is 4.98 Å². The smallest absolute Gasteiger partial charge is 0.314 e. The van der Waals surface area contributed by atoms with Crippen LogP contribution in [-0.2, 0) is 9.59 Å². The summed E-state index contributed by atoms with van der Waals surface area (Å²) < 4.78 is 24.1. The van der Waals surface area contributed by atoms with Gasteiger partial charge in [-0.05, 0) is 36.8 Å². The lowest BCUT2D eigenvalue weighted by atomic mass is 10.1. The minimum absolute atomic E-state index is 0.191. The van der Waals surface area contributed by atoms with Gasteiger partial charge in [0.05, 0.1) is 18.9 Å². The molecule has 0 aliphatic rings. The Labute approximate surface area is 154 Å². The maximum atomic E-state index is 13.5. The number of oxazole rings is 1. The third-order valence-corrected chi connectivity index (χ3v) is 3.79. The van der Waals surface area contributed by atoms with Crippen LogP contribution in [-0.4, -0.2) is 23.9 Å². The summed E-state index contributed by atoms with van der Waals surface area (Å²) in [5.74, 6) is -1.35. The molecule has 0 spiro atoms. The number of carbonyl (C=O) groups excluding carboxylic acids is 2. The monoisotopic (exact) mass is 369 g/mol. The van der Waals surface area contributed by atoms with Crippen LogP contribution in [0.2, 0.25) is 0 Å². The summed E-state index contributed by atoms with van der Waals surface area (Å²) in [6.07, 6.45) is 2.83. The van der Waals surface area contributed by atoms with Gasteiger partial charge in [-0.3, -0.25) is 9.59 Å². The Morgan fingerprint density at radius 3 is 2.33 bits per heavy atom. The van der Waals surface area contributed by atoms with E-state index >= 15 is 0 Å². The van der Waals surface area contributed by atoms with Crippen molar-refractivity contribution in [3.05, 3.63) is 60.4 Å². The summed E-state index contributed by atoms with van der Waals surface area (Å²) in [6.45, 7) is 1.60. The topological polar surface area (TPSA) is 93.5 Å². The average Bonchev–Trinajstić information content (AvgIpc) is 3.19. The fourth-order valence-electron chi connectivity index (χ4n) is 2.37. The number of anilines is 2. The van der Waals surface area contributed by atoms with Gasteiger partial charge in [0.1, 0.15) is 11.6 Å². The number of amides is 2. The molecule has 0 bridgehead atoms. The van der Waals surface area contributed by atoms with E-state index in [9.17, 15) is 14.0 Å². The Morgan fingerprint density at radius 1 is 1.07 bits per heavy atom. The third-order valence-electron chi connectivity index (χ3n) is 3.79. The van der Waals surface area contributed by atoms with Crippen LogP contribution < -0.4 is 15.4 Å². The second kappa shape index (κ2) is 7.69. The second-order valence-electron chi connectivity index (χ2n) is 5.65. The van der Waals surface area contributed by atoms with E-state index in [0.717, 1.165) is 6.07 Å². The lowest BCUT2D eigenvalue weighted by Gasteiger charge is -2.10. The number of aromatic nitrogens is 1. The van der Waals surface area contributed by atoms with Crippen molar-refractivity contribution in [2.45, 2.75) is 6.92 Å². The van der Waals surface area contributed by atoms with Crippen LogP contribution in [0.15, 0.2) is 53.4 Å². The first-order valence-corrected chi connectivity index (χ1v) is 7.93. The zero-order valence-electron chi connectivity index (χ0n) is 14.6. The fraction of sp³-hybridized carbons (Fsp3) is 0.105. The fourth-order valence-corrected chi connectivity index (χ4v) is 2.37. The molecule has 8 heteroatoms. The molecule has 2 amide bonds. The Morgan fingerprint density at radius 2 is 1.74 bits per heavy atom. The Bertz CT molecular complexity index is 987. The predicted octanol–water partition coefficient (Wildman–Crippen LogP) is 3.37. The van der Waals surface area contributed by atoms with Gasteiger partial charge in [-0.25, -0.2) is 9.37 Å². The summed E-state index contributed by atoms with van der Waals surface area (Å²) in [4.78, 5) is 28.0. The molecule has 0 aliphatic heterocycles. The Hall–Kier alpha value is -3.68. The molecule has 2 N–H and O–H groups in total. The number of aryl methyl sites for hydroxylation is 1. The quantitative estimate of drug-likeness (QED) is 0.688. The van der Waals surface area contributed by atoms with Crippen LogP contribution in [0.1, 0.15) is 5.56 Å². The maximum Gasteiger partial charge on any atom is 0.314 e. The van der Waals surface area contributed by atoms with Crippen molar-refractivity contribution in [2.75, 3.05) is 17.7 Å². The maximum absolute atomic E-state index is 13.5. The van der Waals surface area contributed by atoms with E-state index in [1.807, 2.05) is 0 Å². The van der Waals surface area contributed by atoms with Gasteiger partial charge >= 0.3 is 11.8 Å². The highest BCUT2D eigenvalue weighted by molar-refractivity contribution is 6.43. The van der Waals surface area contributed by atoms with Crippen LogP contribution in [0.5, 0.6) is 5.75 Å². The van der Waals surface area contributed by atoms with Gasteiger partial charge in [0.2, 0.25) is 0 Å². The van der Waals surface area contributed by atoms with Crippen LogP contribution in [0.25, 0.3) is 11.3 Å². The summed E-state index contributed by atoms with van der Waals surface area (Å²) in [5, 5.41) is 4.81. The van der Waals surface area contributed by atoms with E-state index in [1.54, 1.807) is 25.1 Å². The van der Waals surface area contributed by atoms with Crippen molar-refractivity contribution >= 4 is 23.2 Å². The van der Waals surface area contributed by atoms with Gasteiger partial charge in [0, 0.05) is 17.4 Å². The van der Waals surface area contributed by atoms with Crippen molar-refractivity contribution in [3.8, 4) is 17.1 Å². The standard InChI is InChI=1S/C19H16FN3O4/c1-11-3-4-12(7-15(11)20)22-18(24)19(25)23-13-5-6-14(16(8-13)26-2)17-9-21-10-27-17/h3-10H,1-2H3,(H,22,24)(H,23,25). The van der Waals surface area contributed by atoms with Gasteiger partial charge < -0.3 is 19.8 Å². The minimum atomic E-state index is -0.920. The van der Waals surface area contributed by atoms with Gasteiger partial charge in [0.25, 0.3) is 0 Å². The first-order valence-electron chi connectivity index (χ1n) is 7.93. The number of methoxy groups -OCH3 is 1. The first kappa shape index (κ1) is 18.1. The molecule has 138 valence electrons. The van der Waals surface area contributed by atoms with Gasteiger partial charge in [-0.2, -0.15) is 0 Å². The molecule has 1 aromatic heterocycles. The van der Waals surface area contributed by atoms with Crippen LogP contribution in [0.3, 0.4) is 0 Å². The molecule has 0 atom stereocenters. The molecule has 0 unspecified atom stereocenters. The summed E-state index contributed by atoms with van der Waals surface area (Å²) in [6, 6.07) is 8.98. The molecule has 0 aliphatic carbocycles. The molecular weight excluding hydrogens is 353 g/mol. The molecule has 7 nitrogen and oxygen atoms in total. The lowest BCUT2D eigenvalue weighted by molar-refractivity contribution is -0.133. The van der Waals surface area contributed by atoms with Gasteiger partial charge in [-0.15, -0.1) is 0 Å². The molecule has 0 radical (unpaired) electrons. The number of ether oxygens (including phenoxy) is 1. The van der Waals surface area contributed by atoms with Crippen molar-refractivity contribution in [3.63, 3.8) is 0 Å². The molecule has 27 heavy (non-hydrogen) atoms. The SMILES string of the molecule is COc1cc(NC(=O)C(=O)Nc2ccc(C)c(F)c2)ccc1-c1cnco1. The molecule has 2 aromatic carbocycles. The number of benzene rings is 2. The minimum Gasteiger partial charge on any atom is -0.496 e. The lowest BCUT2D eigenvalue weighted by Crippen LogP contribution is -2.29. The molecular formula is C19H16FN3O4. The highest BCUT2D eigenvalue weighted by Gasteiger charge is 2.16. The van der Waals surface area contributed by atoms with E-state index < -0.39 is 17.6 Å². The third kappa shape index (κ3) is 4.12. The second-order valence-corrected chi connectivity index (χ2v) is 5.65. The zero-order valence-corrected chi connectivity index (χ0v) is 14.6. The number of hydrogen-bond acceptors (Lipinski definition) is 5. The summed E-state index contributed by atoms with van der Waals surface area (Å²) in [5.41, 5.74) is 1.63. The van der Waals surface area contributed by atoms with Crippen molar-refractivity contribution < 1.29 is 23.1 Å². The van der Waals surface area contributed by atoms with Gasteiger partial charge in [-0.1, -0.05) is 6.07 Å². The molecule has 1 heterocycles. The predicted molar refractivity (Wildman–Crippen MR) is 96.9 cm³/mol. The average molecular weight is 369 g/mol. The molecule has 0 saturated heterocycles. The number of nitrogens with one attached hydrogen (secondary N) is 2. The number of carbonyl (C=O) groups is 2. The highest BCUT2D eigenvalue weighted by Crippen LogP contribution is 2.32. The van der Waals surface area contributed by atoms with E-state index in [-0.39, 0.29) is 5.69 Å². The summed E-state index contributed by atoms with van der Waals surface area (Å²) >= 11 is 0. The van der Waals surface area contributed by atoms with Crippen LogP contribution in [0, 0.1) is 12.7 Å². The highest BCUT2D eigenvalue weighted by atomic mass is 19.1. The normalized spacial score (nSPS) is 10.3. The van der Waals surface area contributed by atoms with E-state index in [0.29, 0.717) is 28.3 Å². The van der Waals surface area contributed by atoms with Gasteiger partial charge in [0.15, 0.2) is 12.2 Å². The Balaban J connectivity index is 1.71. The first-order chi connectivity index (χ1) is 13.0. The van der Waals surface area contributed by atoms with E-state index in [4.69, 9.17) is 9.15 Å². The van der Waals surface area contributed by atoms with E-state index in [1.165, 1.54) is 31.8 Å². The number of nitrogens with zero attached hydrogens (tertiary/aromatic N) is 1. The summed E-state index contributed by atoms with van der Waals surface area (Å²) in [7, 11) is 1.47. The number of halogens is 1. The molecule has 0 saturated carbocycles. The molecule has 0 fully saturated rings. The largest absolute Gasteiger partial charge is 0.496 e. The Kier molecular flexibility index (Phi) is 5.16. The van der Waals surface area contributed by atoms with Crippen LogP contribution >= 0.6 is 0 Å². The van der Waals surface area contributed by atoms with E-state index in [2.05, 4.69) is 15.6 Å². The number of hydrogen-bond donors (Lipinski definition) is 2. The number of rotatable bonds is 4.